The van der Waals surface area contributed by atoms with Crippen LogP contribution in [0.5, 0.6) is 0 Å². The van der Waals surface area contributed by atoms with Crippen molar-refractivity contribution in [3.05, 3.63) is 71.4 Å². The number of benzene rings is 2. The molecule has 0 aliphatic carbocycles. The largest absolute Gasteiger partial charge is 0.416 e. The SMILES string of the molecule is CNCCCNc1nc(Nc2cccc(C)c2)ncc1C#CCCNSc1cccc(C(F)(F)F)c1. The summed E-state index contributed by atoms with van der Waals surface area (Å²) in [6.07, 6.45) is -1.24. The van der Waals surface area contributed by atoms with Crippen LogP contribution in [0.1, 0.15) is 29.5 Å². The van der Waals surface area contributed by atoms with Gasteiger partial charge in [-0.1, -0.05) is 30.0 Å². The van der Waals surface area contributed by atoms with E-state index in [4.69, 9.17) is 0 Å². The Hall–Kier alpha value is -3.26. The lowest BCUT2D eigenvalue weighted by Gasteiger charge is -2.11. The molecule has 36 heavy (non-hydrogen) atoms. The van der Waals surface area contributed by atoms with Crippen molar-refractivity contribution in [3.8, 4) is 11.8 Å². The minimum Gasteiger partial charge on any atom is -0.369 e. The first-order valence-electron chi connectivity index (χ1n) is 11.5. The number of aryl methyl sites for hydroxylation is 1. The number of hydrogen-bond donors (Lipinski definition) is 4. The third kappa shape index (κ3) is 9.07. The lowest BCUT2D eigenvalue weighted by molar-refractivity contribution is -0.137. The topological polar surface area (TPSA) is 73.9 Å². The van der Waals surface area contributed by atoms with Gasteiger partial charge in [-0.15, -0.1) is 0 Å². The standard InChI is InChI=1S/C26H29F3N6S/c1-19-8-5-11-22(16-19)34-25-32-18-20(24(35-25)31-14-7-13-30-2)9-3-4-15-33-36-23-12-6-10-21(17-23)26(27,28)29/h5-6,8,10-12,16-18,30,33H,4,7,13-15H2,1-2H3,(H2,31,32,34,35). The number of nitrogens with one attached hydrogen (secondary N) is 4. The first kappa shape index (κ1) is 27.3. The number of halogens is 3. The minimum atomic E-state index is -4.35. The lowest BCUT2D eigenvalue weighted by Crippen LogP contribution is -2.14. The van der Waals surface area contributed by atoms with Crippen LogP contribution in [0.3, 0.4) is 0 Å². The molecule has 0 radical (unpaired) electrons. The Morgan fingerprint density at radius 3 is 2.64 bits per heavy atom. The summed E-state index contributed by atoms with van der Waals surface area (Å²) in [5.41, 5.74) is 2.05. The van der Waals surface area contributed by atoms with E-state index in [-0.39, 0.29) is 0 Å². The highest BCUT2D eigenvalue weighted by Gasteiger charge is 2.30. The van der Waals surface area contributed by atoms with Gasteiger partial charge >= 0.3 is 6.18 Å². The summed E-state index contributed by atoms with van der Waals surface area (Å²) in [7, 11) is 1.91. The highest BCUT2D eigenvalue weighted by molar-refractivity contribution is 7.97. The third-order valence-electron chi connectivity index (χ3n) is 4.89. The molecule has 3 aromatic rings. The van der Waals surface area contributed by atoms with Crippen LogP contribution in [0.2, 0.25) is 0 Å². The normalized spacial score (nSPS) is 11.0. The Kier molecular flexibility index (Phi) is 10.4. The summed E-state index contributed by atoms with van der Waals surface area (Å²) in [6.45, 7) is 4.13. The van der Waals surface area contributed by atoms with Gasteiger partial charge in [0.25, 0.3) is 0 Å². The van der Waals surface area contributed by atoms with Gasteiger partial charge < -0.3 is 16.0 Å². The van der Waals surface area contributed by atoms with Gasteiger partial charge in [0.2, 0.25) is 5.95 Å². The predicted octanol–water partition coefficient (Wildman–Crippen LogP) is 5.61. The van der Waals surface area contributed by atoms with E-state index in [1.54, 1.807) is 12.3 Å². The monoisotopic (exact) mass is 514 g/mol. The van der Waals surface area contributed by atoms with Crippen molar-refractivity contribution in [1.82, 2.24) is 20.0 Å². The Morgan fingerprint density at radius 1 is 1.03 bits per heavy atom. The van der Waals surface area contributed by atoms with E-state index >= 15 is 0 Å². The number of hydrogen-bond acceptors (Lipinski definition) is 7. The average Bonchev–Trinajstić information content (AvgIpc) is 2.84. The highest BCUT2D eigenvalue weighted by atomic mass is 32.2. The maximum atomic E-state index is 12.8. The number of nitrogens with zero attached hydrogens (tertiary/aromatic N) is 2. The highest BCUT2D eigenvalue weighted by Crippen LogP contribution is 2.31. The van der Waals surface area contributed by atoms with Crippen molar-refractivity contribution in [3.63, 3.8) is 0 Å². The number of anilines is 3. The fourth-order valence-corrected chi connectivity index (χ4v) is 3.84. The second kappa shape index (κ2) is 13.7. The van der Waals surface area contributed by atoms with Crippen LogP contribution in [0, 0.1) is 18.8 Å². The molecule has 190 valence electrons. The average molecular weight is 515 g/mol. The van der Waals surface area contributed by atoms with Gasteiger partial charge in [-0.05, 0) is 74.8 Å². The summed E-state index contributed by atoms with van der Waals surface area (Å²) in [4.78, 5) is 9.51. The second-order valence-corrected chi connectivity index (χ2v) is 8.87. The molecule has 1 heterocycles. The summed E-state index contributed by atoms with van der Waals surface area (Å²) < 4.78 is 41.6. The van der Waals surface area contributed by atoms with E-state index in [1.807, 2.05) is 38.2 Å². The minimum absolute atomic E-state index is 0.474. The predicted molar refractivity (Wildman–Crippen MR) is 140 cm³/mol. The van der Waals surface area contributed by atoms with Crippen LogP contribution in [-0.4, -0.2) is 36.6 Å². The van der Waals surface area contributed by atoms with Crippen molar-refractivity contribution in [2.75, 3.05) is 37.3 Å². The lowest BCUT2D eigenvalue weighted by atomic mass is 10.2. The van der Waals surface area contributed by atoms with Crippen molar-refractivity contribution in [2.24, 2.45) is 0 Å². The molecule has 10 heteroatoms. The van der Waals surface area contributed by atoms with Gasteiger partial charge in [-0.2, -0.15) is 18.2 Å². The molecule has 0 atom stereocenters. The van der Waals surface area contributed by atoms with Gasteiger partial charge in [0.1, 0.15) is 5.82 Å². The summed E-state index contributed by atoms with van der Waals surface area (Å²) in [6, 6.07) is 13.2. The molecule has 0 unspecified atom stereocenters. The van der Waals surface area contributed by atoms with Gasteiger partial charge in [0, 0.05) is 30.1 Å². The van der Waals surface area contributed by atoms with E-state index in [2.05, 4.69) is 42.5 Å². The number of aromatic nitrogens is 2. The van der Waals surface area contributed by atoms with Crippen LogP contribution in [0.25, 0.3) is 0 Å². The second-order valence-electron chi connectivity index (χ2n) is 7.91. The van der Waals surface area contributed by atoms with E-state index < -0.39 is 11.7 Å². The summed E-state index contributed by atoms with van der Waals surface area (Å²) in [5.74, 6) is 7.31. The van der Waals surface area contributed by atoms with Crippen LogP contribution in [0.4, 0.5) is 30.6 Å². The molecule has 0 saturated carbocycles. The third-order valence-corrected chi connectivity index (χ3v) is 5.72. The van der Waals surface area contributed by atoms with Gasteiger partial charge in [0.15, 0.2) is 0 Å². The van der Waals surface area contributed by atoms with Crippen LogP contribution in [-0.2, 0) is 6.18 Å². The molecule has 4 N–H and O–H groups in total. The van der Waals surface area contributed by atoms with E-state index in [1.165, 1.54) is 6.07 Å². The molecule has 2 aromatic carbocycles. The molecular formula is C26H29F3N6S. The molecule has 0 saturated heterocycles. The van der Waals surface area contributed by atoms with Crippen molar-refractivity contribution in [2.45, 2.75) is 30.8 Å². The molecular weight excluding hydrogens is 485 g/mol. The Morgan fingerprint density at radius 2 is 1.86 bits per heavy atom. The fraction of sp³-hybridized carbons (Fsp3) is 0.308. The van der Waals surface area contributed by atoms with Crippen LogP contribution < -0.4 is 20.7 Å². The van der Waals surface area contributed by atoms with Crippen molar-refractivity contribution >= 4 is 29.4 Å². The smallest absolute Gasteiger partial charge is 0.369 e. The van der Waals surface area contributed by atoms with Crippen molar-refractivity contribution in [1.29, 1.82) is 0 Å². The quantitative estimate of drug-likeness (QED) is 0.151. The zero-order chi connectivity index (χ0) is 25.8. The first-order valence-corrected chi connectivity index (χ1v) is 12.3. The molecule has 6 nitrogen and oxygen atoms in total. The molecule has 0 amide bonds. The van der Waals surface area contributed by atoms with E-state index in [9.17, 15) is 13.2 Å². The first-order chi connectivity index (χ1) is 17.3. The summed E-state index contributed by atoms with van der Waals surface area (Å²) >= 11 is 1.15. The van der Waals surface area contributed by atoms with Gasteiger partial charge in [-0.3, -0.25) is 4.72 Å². The van der Waals surface area contributed by atoms with Crippen LogP contribution in [0.15, 0.2) is 59.6 Å². The molecule has 0 bridgehead atoms. The molecule has 1 aromatic heterocycles. The van der Waals surface area contributed by atoms with Crippen molar-refractivity contribution < 1.29 is 13.2 Å². The Labute approximate surface area is 214 Å². The maximum Gasteiger partial charge on any atom is 0.416 e. The van der Waals surface area contributed by atoms with Gasteiger partial charge in [0.05, 0.1) is 17.3 Å². The van der Waals surface area contributed by atoms with Crippen LogP contribution >= 0.6 is 11.9 Å². The molecule has 3 rings (SSSR count). The number of alkyl halides is 3. The summed E-state index contributed by atoms with van der Waals surface area (Å²) in [5, 5.41) is 9.67. The molecule has 0 spiro atoms. The zero-order valence-corrected chi connectivity index (χ0v) is 21.0. The zero-order valence-electron chi connectivity index (χ0n) is 20.2. The van der Waals surface area contributed by atoms with E-state index in [0.29, 0.717) is 35.2 Å². The Balaban J connectivity index is 1.59. The fourth-order valence-electron chi connectivity index (χ4n) is 3.13. The Bertz CT molecular complexity index is 1190. The molecule has 0 fully saturated rings. The molecule has 0 aliphatic rings. The maximum absolute atomic E-state index is 12.8. The number of rotatable bonds is 11. The van der Waals surface area contributed by atoms with Gasteiger partial charge in [-0.25, -0.2) is 4.98 Å². The molecule has 0 aliphatic heterocycles. The van der Waals surface area contributed by atoms with E-state index in [0.717, 1.165) is 54.8 Å².